The minimum atomic E-state index is -0.425. The van der Waals surface area contributed by atoms with Gasteiger partial charge in [-0.3, -0.25) is 9.59 Å². The molecule has 0 fully saturated rings. The van der Waals surface area contributed by atoms with Crippen LogP contribution in [0.25, 0.3) is 0 Å². The standard InChI is InChI=1S/C29H29N5O3/c1-21-8-6-11-24(18-21)33(17-7-16-30)27-19-26(22-9-4-3-5-10-22)34(32-27)29(36)20-28(35)31-23-12-14-25(37-2)15-13-23/h3-6,8-15,18,26H,7,17,19-20H2,1-2H3,(H,31,35)/t26-/m1/s1. The van der Waals surface area contributed by atoms with Crippen molar-refractivity contribution in [2.75, 3.05) is 23.9 Å². The third-order valence-corrected chi connectivity index (χ3v) is 6.09. The van der Waals surface area contributed by atoms with E-state index >= 15 is 0 Å². The summed E-state index contributed by atoms with van der Waals surface area (Å²) in [7, 11) is 1.57. The zero-order valence-corrected chi connectivity index (χ0v) is 20.9. The zero-order valence-electron chi connectivity index (χ0n) is 20.9. The Morgan fingerprint density at radius 3 is 2.54 bits per heavy atom. The largest absolute Gasteiger partial charge is 0.497 e. The zero-order chi connectivity index (χ0) is 26.2. The first-order valence-corrected chi connectivity index (χ1v) is 12.1. The lowest BCUT2D eigenvalue weighted by Gasteiger charge is -2.24. The van der Waals surface area contributed by atoms with Crippen LogP contribution in [0.1, 0.15) is 36.4 Å². The van der Waals surface area contributed by atoms with Gasteiger partial charge in [0.15, 0.2) is 0 Å². The summed E-state index contributed by atoms with van der Waals surface area (Å²) in [5, 5.41) is 18.1. The molecule has 1 aliphatic rings. The predicted octanol–water partition coefficient (Wildman–Crippen LogP) is 5.04. The Morgan fingerprint density at radius 2 is 1.86 bits per heavy atom. The number of rotatable bonds is 8. The molecular weight excluding hydrogens is 466 g/mol. The average Bonchev–Trinajstić information content (AvgIpc) is 3.35. The maximum Gasteiger partial charge on any atom is 0.252 e. The Balaban J connectivity index is 1.58. The summed E-state index contributed by atoms with van der Waals surface area (Å²) in [4.78, 5) is 28.1. The Kier molecular flexibility index (Phi) is 8.16. The number of hydrogen-bond donors (Lipinski definition) is 1. The second-order valence-electron chi connectivity index (χ2n) is 8.74. The van der Waals surface area contributed by atoms with E-state index in [1.807, 2.05) is 66.4 Å². The fraction of sp³-hybridized carbons (Fsp3) is 0.241. The highest BCUT2D eigenvalue weighted by atomic mass is 16.5. The number of aryl methyl sites for hydroxylation is 1. The van der Waals surface area contributed by atoms with E-state index in [0.29, 0.717) is 36.7 Å². The number of carbonyl (C=O) groups excluding carboxylic acids is 2. The first kappa shape index (κ1) is 25.5. The van der Waals surface area contributed by atoms with Crippen LogP contribution in [-0.4, -0.2) is 36.3 Å². The molecule has 0 saturated heterocycles. The molecule has 1 aliphatic heterocycles. The van der Waals surface area contributed by atoms with Crippen molar-refractivity contribution in [2.45, 2.75) is 32.2 Å². The number of ether oxygens (including phenoxy) is 1. The third-order valence-electron chi connectivity index (χ3n) is 6.09. The van der Waals surface area contributed by atoms with E-state index in [9.17, 15) is 14.9 Å². The van der Waals surface area contributed by atoms with Gasteiger partial charge in [0.2, 0.25) is 5.91 Å². The molecular formula is C29H29N5O3. The lowest BCUT2D eigenvalue weighted by molar-refractivity contribution is -0.136. The summed E-state index contributed by atoms with van der Waals surface area (Å²) in [5.74, 6) is 0.525. The molecule has 3 aromatic carbocycles. The van der Waals surface area contributed by atoms with Crippen molar-refractivity contribution in [1.82, 2.24) is 5.01 Å². The summed E-state index contributed by atoms with van der Waals surface area (Å²) in [6.07, 6.45) is 0.422. The topological polar surface area (TPSA) is 98.0 Å². The number of amidine groups is 1. The van der Waals surface area contributed by atoms with E-state index in [1.54, 1.807) is 31.4 Å². The lowest BCUT2D eigenvalue weighted by atomic mass is 10.0. The van der Waals surface area contributed by atoms with Gasteiger partial charge in [0.05, 0.1) is 25.6 Å². The van der Waals surface area contributed by atoms with E-state index in [-0.39, 0.29) is 12.5 Å². The molecule has 3 aromatic rings. The van der Waals surface area contributed by atoms with Gasteiger partial charge in [-0.25, -0.2) is 5.01 Å². The number of nitrogens with zero attached hydrogens (tertiary/aromatic N) is 4. The van der Waals surface area contributed by atoms with Gasteiger partial charge in [0.1, 0.15) is 18.0 Å². The van der Waals surface area contributed by atoms with Crippen LogP contribution in [-0.2, 0) is 9.59 Å². The van der Waals surface area contributed by atoms with Crippen LogP contribution in [0.2, 0.25) is 0 Å². The summed E-state index contributed by atoms with van der Waals surface area (Å²) < 4.78 is 5.14. The molecule has 0 aromatic heterocycles. The van der Waals surface area contributed by atoms with Gasteiger partial charge >= 0.3 is 0 Å². The fourth-order valence-corrected chi connectivity index (χ4v) is 4.29. The van der Waals surface area contributed by atoms with Crippen LogP contribution in [0.3, 0.4) is 0 Å². The molecule has 8 heteroatoms. The molecule has 4 rings (SSSR count). The van der Waals surface area contributed by atoms with E-state index in [0.717, 1.165) is 16.8 Å². The number of hydrazone groups is 1. The molecule has 0 aliphatic carbocycles. The van der Waals surface area contributed by atoms with Gasteiger partial charge in [-0.05, 0) is 54.4 Å². The number of methoxy groups -OCH3 is 1. The minimum Gasteiger partial charge on any atom is -0.497 e. The molecule has 1 heterocycles. The first-order chi connectivity index (χ1) is 18.0. The number of hydrogen-bond acceptors (Lipinski definition) is 6. The molecule has 2 amide bonds. The van der Waals surface area contributed by atoms with Gasteiger partial charge in [-0.15, -0.1) is 0 Å². The molecule has 8 nitrogen and oxygen atoms in total. The summed E-state index contributed by atoms with van der Waals surface area (Å²) in [6, 6.07) is 26.4. The molecule has 0 saturated carbocycles. The van der Waals surface area contributed by atoms with E-state index in [1.165, 1.54) is 5.01 Å². The van der Waals surface area contributed by atoms with Crippen LogP contribution in [0.15, 0.2) is 84.0 Å². The fourth-order valence-electron chi connectivity index (χ4n) is 4.29. The second-order valence-corrected chi connectivity index (χ2v) is 8.74. The normalized spacial score (nSPS) is 14.5. The number of nitriles is 1. The van der Waals surface area contributed by atoms with E-state index in [2.05, 4.69) is 11.4 Å². The maximum atomic E-state index is 13.4. The van der Waals surface area contributed by atoms with Gasteiger partial charge in [0.25, 0.3) is 5.91 Å². The predicted molar refractivity (Wildman–Crippen MR) is 143 cm³/mol. The van der Waals surface area contributed by atoms with Crippen LogP contribution in [0.4, 0.5) is 11.4 Å². The number of nitrogens with one attached hydrogen (secondary N) is 1. The quantitative estimate of drug-likeness (QED) is 0.442. The Labute approximate surface area is 216 Å². The minimum absolute atomic E-state index is 0.307. The van der Waals surface area contributed by atoms with Crippen LogP contribution in [0, 0.1) is 18.3 Å². The maximum absolute atomic E-state index is 13.4. The highest BCUT2D eigenvalue weighted by Gasteiger charge is 2.35. The van der Waals surface area contributed by atoms with Crippen LogP contribution in [0.5, 0.6) is 5.75 Å². The third kappa shape index (κ3) is 6.33. The Hall–Kier alpha value is -4.64. The highest BCUT2D eigenvalue weighted by Crippen LogP contribution is 2.34. The number of carbonyl (C=O) groups is 2. The van der Waals surface area contributed by atoms with Crippen molar-refractivity contribution in [3.8, 4) is 11.8 Å². The molecule has 188 valence electrons. The number of amides is 2. The van der Waals surface area contributed by atoms with Gasteiger partial charge < -0.3 is 15.0 Å². The van der Waals surface area contributed by atoms with Gasteiger partial charge in [-0.2, -0.15) is 10.4 Å². The molecule has 1 atom stereocenters. The SMILES string of the molecule is COc1ccc(NC(=O)CC(=O)N2N=C(N(CCC#N)c3cccc(C)c3)C[C@@H]2c2ccccc2)cc1. The first-order valence-electron chi connectivity index (χ1n) is 12.1. The van der Waals surface area contributed by atoms with Crippen molar-refractivity contribution < 1.29 is 14.3 Å². The van der Waals surface area contributed by atoms with E-state index < -0.39 is 11.8 Å². The smallest absolute Gasteiger partial charge is 0.252 e. The number of anilines is 2. The van der Waals surface area contributed by atoms with Crippen LogP contribution >= 0.6 is 0 Å². The monoisotopic (exact) mass is 495 g/mol. The summed E-state index contributed by atoms with van der Waals surface area (Å²) in [6.45, 7) is 2.45. The average molecular weight is 496 g/mol. The molecule has 0 bridgehead atoms. The van der Waals surface area contributed by atoms with Crippen molar-refractivity contribution >= 4 is 29.0 Å². The van der Waals surface area contributed by atoms with Gasteiger partial charge in [0, 0.05) is 24.3 Å². The molecule has 1 N–H and O–H groups in total. The highest BCUT2D eigenvalue weighted by molar-refractivity contribution is 6.06. The lowest BCUT2D eigenvalue weighted by Crippen LogP contribution is -2.31. The Bertz CT molecular complexity index is 1320. The van der Waals surface area contributed by atoms with Crippen molar-refractivity contribution in [2.24, 2.45) is 5.10 Å². The molecule has 0 unspecified atom stereocenters. The second kappa shape index (κ2) is 11.9. The Morgan fingerprint density at radius 1 is 1.11 bits per heavy atom. The van der Waals surface area contributed by atoms with Gasteiger partial charge in [-0.1, -0.05) is 42.5 Å². The van der Waals surface area contributed by atoms with Crippen LogP contribution < -0.4 is 15.0 Å². The molecule has 0 spiro atoms. The van der Waals surface area contributed by atoms with Crippen molar-refractivity contribution in [3.05, 3.63) is 90.0 Å². The van der Waals surface area contributed by atoms with Crippen molar-refractivity contribution in [3.63, 3.8) is 0 Å². The molecule has 37 heavy (non-hydrogen) atoms. The number of benzene rings is 3. The summed E-state index contributed by atoms with van der Waals surface area (Å²) >= 11 is 0. The van der Waals surface area contributed by atoms with Crippen molar-refractivity contribution in [1.29, 1.82) is 5.26 Å². The van der Waals surface area contributed by atoms with E-state index in [4.69, 9.17) is 9.84 Å². The summed E-state index contributed by atoms with van der Waals surface area (Å²) in [5.41, 5.74) is 3.49. The molecule has 0 radical (unpaired) electrons.